The van der Waals surface area contributed by atoms with E-state index in [0.29, 0.717) is 5.11 Å². The molecule has 0 fully saturated rings. The van der Waals surface area contributed by atoms with Crippen molar-refractivity contribution in [2.75, 3.05) is 16.8 Å². The molecule has 3 rings (SSSR count). The number of nitrogens with zero attached hydrogens (tertiary/aromatic N) is 1. The van der Waals surface area contributed by atoms with E-state index in [1.807, 2.05) is 31.2 Å². The van der Waals surface area contributed by atoms with Crippen molar-refractivity contribution >= 4 is 56.2 Å². The molecule has 1 heterocycles. The van der Waals surface area contributed by atoms with Crippen molar-refractivity contribution in [2.45, 2.75) is 19.8 Å². The summed E-state index contributed by atoms with van der Waals surface area (Å²) in [5, 5.41) is 4.75. The van der Waals surface area contributed by atoms with Gasteiger partial charge in [-0.25, -0.2) is 0 Å². The first-order chi connectivity index (χ1) is 10.6. The van der Waals surface area contributed by atoms with Crippen molar-refractivity contribution in [3.05, 3.63) is 57.0 Å². The molecule has 0 aliphatic carbocycles. The summed E-state index contributed by atoms with van der Waals surface area (Å²) >= 11 is 15.4. The highest BCUT2D eigenvalue weighted by Crippen LogP contribution is 2.33. The zero-order chi connectivity index (χ0) is 15.7. The van der Waals surface area contributed by atoms with Gasteiger partial charge in [-0.2, -0.15) is 0 Å². The second-order valence-corrected chi connectivity index (χ2v) is 7.04. The molecule has 1 N–H and O–H groups in total. The van der Waals surface area contributed by atoms with Crippen LogP contribution >= 0.6 is 39.7 Å². The van der Waals surface area contributed by atoms with E-state index in [2.05, 4.69) is 38.3 Å². The molecule has 1 aliphatic rings. The van der Waals surface area contributed by atoms with E-state index in [-0.39, 0.29) is 0 Å². The quantitative estimate of drug-likeness (QED) is 0.636. The van der Waals surface area contributed by atoms with Crippen LogP contribution in [0.3, 0.4) is 0 Å². The highest BCUT2D eigenvalue weighted by atomic mass is 79.9. The lowest BCUT2D eigenvalue weighted by atomic mass is 10.0. The predicted octanol–water partition coefficient (Wildman–Crippen LogP) is 5.56. The summed E-state index contributed by atoms with van der Waals surface area (Å²) in [6, 6.07) is 12.2. The normalized spacial score (nSPS) is 13.7. The molecule has 114 valence electrons. The van der Waals surface area contributed by atoms with Crippen molar-refractivity contribution in [1.29, 1.82) is 0 Å². The summed E-state index contributed by atoms with van der Waals surface area (Å²) in [6.07, 6.45) is 2.16. The van der Waals surface area contributed by atoms with Gasteiger partial charge in [0.25, 0.3) is 0 Å². The van der Waals surface area contributed by atoms with Crippen molar-refractivity contribution in [2.24, 2.45) is 0 Å². The number of hydrogen-bond donors (Lipinski definition) is 1. The maximum absolute atomic E-state index is 6.18. The van der Waals surface area contributed by atoms with Gasteiger partial charge in [-0.3, -0.25) is 0 Å². The van der Waals surface area contributed by atoms with E-state index in [1.165, 1.54) is 11.3 Å². The number of benzene rings is 2. The van der Waals surface area contributed by atoms with Crippen molar-refractivity contribution in [3.8, 4) is 0 Å². The Kier molecular flexibility index (Phi) is 4.71. The molecule has 0 saturated carbocycles. The third-order valence-corrected chi connectivity index (χ3v) is 5.33. The lowest BCUT2D eigenvalue weighted by Crippen LogP contribution is -2.38. The minimum absolute atomic E-state index is 0.707. The molecule has 0 amide bonds. The van der Waals surface area contributed by atoms with Crippen LogP contribution in [0.2, 0.25) is 5.02 Å². The number of nitrogens with one attached hydrogen (secondary N) is 1. The van der Waals surface area contributed by atoms with Gasteiger partial charge in [0.2, 0.25) is 0 Å². The maximum atomic E-state index is 6.18. The van der Waals surface area contributed by atoms with Crippen LogP contribution in [-0.4, -0.2) is 11.7 Å². The van der Waals surface area contributed by atoms with Gasteiger partial charge in [-0.1, -0.05) is 39.7 Å². The summed E-state index contributed by atoms with van der Waals surface area (Å²) in [7, 11) is 0. The van der Waals surface area contributed by atoms with Gasteiger partial charge in [0.1, 0.15) is 0 Å². The number of halogens is 2. The van der Waals surface area contributed by atoms with Crippen LogP contribution in [0.4, 0.5) is 11.4 Å². The van der Waals surface area contributed by atoms with Crippen molar-refractivity contribution < 1.29 is 0 Å². The van der Waals surface area contributed by atoms with Gasteiger partial charge in [-0.15, -0.1) is 0 Å². The van der Waals surface area contributed by atoms with Gasteiger partial charge < -0.3 is 10.2 Å². The van der Waals surface area contributed by atoms with Crippen molar-refractivity contribution in [3.63, 3.8) is 0 Å². The van der Waals surface area contributed by atoms with E-state index in [4.69, 9.17) is 23.8 Å². The van der Waals surface area contributed by atoms with Crippen LogP contribution in [0.25, 0.3) is 0 Å². The fraction of sp³-hybridized carbons (Fsp3) is 0.235. The number of thiocarbonyl (C=S) groups is 1. The average molecular weight is 396 g/mol. The molecule has 2 aromatic carbocycles. The minimum Gasteiger partial charge on any atom is -0.332 e. The Balaban J connectivity index is 1.85. The second kappa shape index (κ2) is 6.57. The monoisotopic (exact) mass is 394 g/mol. The lowest BCUT2D eigenvalue weighted by molar-refractivity contribution is 0.777. The standard InChI is InChI=1S/C17H16BrClN2S/c1-11-7-8-12(10-15(11)19)20-17(22)21-9-3-4-13-14(18)5-2-6-16(13)21/h2,5-8,10H,3-4,9H2,1H3,(H,20,22). The molecule has 2 aromatic rings. The van der Waals surface area contributed by atoms with E-state index in [9.17, 15) is 0 Å². The van der Waals surface area contributed by atoms with Crippen LogP contribution < -0.4 is 10.2 Å². The van der Waals surface area contributed by atoms with Gasteiger partial charge in [0.05, 0.1) is 0 Å². The number of fused-ring (bicyclic) bond motifs is 1. The smallest absolute Gasteiger partial charge is 0.177 e. The zero-order valence-electron chi connectivity index (χ0n) is 12.2. The van der Waals surface area contributed by atoms with E-state index in [1.54, 1.807) is 0 Å². The molecule has 0 unspecified atom stereocenters. The van der Waals surface area contributed by atoms with Crippen LogP contribution in [0.5, 0.6) is 0 Å². The molecule has 1 aliphatic heterocycles. The molecule has 0 aromatic heterocycles. The van der Waals surface area contributed by atoms with Crippen molar-refractivity contribution in [1.82, 2.24) is 0 Å². The summed E-state index contributed by atoms with van der Waals surface area (Å²) in [5.74, 6) is 0. The fourth-order valence-electron chi connectivity index (χ4n) is 2.65. The van der Waals surface area contributed by atoms with Gasteiger partial charge in [0.15, 0.2) is 5.11 Å². The van der Waals surface area contributed by atoms with Crippen LogP contribution in [0.1, 0.15) is 17.5 Å². The first-order valence-corrected chi connectivity index (χ1v) is 8.76. The summed E-state index contributed by atoms with van der Waals surface area (Å²) in [6.45, 7) is 2.91. The van der Waals surface area contributed by atoms with E-state index < -0.39 is 0 Å². The molecule has 0 saturated heterocycles. The molecule has 0 spiro atoms. The summed E-state index contributed by atoms with van der Waals surface area (Å²) < 4.78 is 1.15. The molecule has 2 nitrogen and oxygen atoms in total. The van der Waals surface area contributed by atoms with Crippen LogP contribution in [-0.2, 0) is 6.42 Å². The SMILES string of the molecule is Cc1ccc(NC(=S)N2CCCc3c(Br)cccc32)cc1Cl. The van der Waals surface area contributed by atoms with Gasteiger partial charge in [-0.05, 0) is 67.4 Å². The Hall–Kier alpha value is -1.10. The largest absolute Gasteiger partial charge is 0.332 e. The number of anilines is 2. The zero-order valence-corrected chi connectivity index (χ0v) is 15.4. The number of hydrogen-bond acceptors (Lipinski definition) is 1. The Morgan fingerprint density at radius 2 is 2.14 bits per heavy atom. The Bertz CT molecular complexity index is 733. The van der Waals surface area contributed by atoms with Gasteiger partial charge in [0, 0.05) is 27.4 Å². The van der Waals surface area contributed by atoms with Gasteiger partial charge >= 0.3 is 0 Å². The first kappa shape index (κ1) is 15.8. The maximum Gasteiger partial charge on any atom is 0.177 e. The predicted molar refractivity (Wildman–Crippen MR) is 102 cm³/mol. The topological polar surface area (TPSA) is 15.3 Å². The summed E-state index contributed by atoms with van der Waals surface area (Å²) in [5.41, 5.74) is 4.48. The Morgan fingerprint density at radius 1 is 1.32 bits per heavy atom. The molecule has 0 radical (unpaired) electrons. The molecule has 22 heavy (non-hydrogen) atoms. The number of aryl methyl sites for hydroxylation is 1. The fourth-order valence-corrected chi connectivity index (χ4v) is 3.70. The molecular formula is C17H16BrClN2S. The first-order valence-electron chi connectivity index (χ1n) is 7.18. The third-order valence-electron chi connectivity index (χ3n) is 3.86. The molecular weight excluding hydrogens is 380 g/mol. The number of rotatable bonds is 1. The molecule has 5 heteroatoms. The third kappa shape index (κ3) is 3.14. The Morgan fingerprint density at radius 3 is 2.91 bits per heavy atom. The van der Waals surface area contributed by atoms with E-state index in [0.717, 1.165) is 40.1 Å². The van der Waals surface area contributed by atoms with Crippen LogP contribution in [0.15, 0.2) is 40.9 Å². The second-order valence-electron chi connectivity index (χ2n) is 5.39. The highest BCUT2D eigenvalue weighted by Gasteiger charge is 2.21. The van der Waals surface area contributed by atoms with Crippen LogP contribution in [0, 0.1) is 6.92 Å². The Labute approximate surface area is 149 Å². The molecule has 0 atom stereocenters. The average Bonchev–Trinajstić information content (AvgIpc) is 2.51. The minimum atomic E-state index is 0.707. The summed E-state index contributed by atoms with van der Waals surface area (Å²) in [4.78, 5) is 2.16. The molecule has 0 bridgehead atoms. The lowest BCUT2D eigenvalue weighted by Gasteiger charge is -2.32. The highest BCUT2D eigenvalue weighted by molar-refractivity contribution is 9.10. The van der Waals surface area contributed by atoms with E-state index >= 15 is 0 Å².